The maximum atomic E-state index is 12.8. The summed E-state index contributed by atoms with van der Waals surface area (Å²) in [6.45, 7) is -0.290. The molecule has 0 atom stereocenters. The number of urea groups is 1. The Labute approximate surface area is 145 Å². The Morgan fingerprint density at radius 2 is 1.83 bits per heavy atom. The molecule has 2 N–H and O–H groups in total. The fourth-order valence-electron chi connectivity index (χ4n) is 1.78. The van der Waals surface area contributed by atoms with Crippen LogP contribution in [0.5, 0.6) is 5.75 Å². The minimum absolute atomic E-state index is 0.243. The van der Waals surface area contributed by atoms with E-state index in [1.807, 2.05) is 0 Å². The summed E-state index contributed by atoms with van der Waals surface area (Å²) in [5.74, 6) is 0.275. The maximum Gasteiger partial charge on any atom is 0.418 e. The largest absolute Gasteiger partial charge is 0.472 e. The standard InChI is InChI=1S/C15H11Cl2F3N2O2/c16-9-5-6-13(11(17)7-9)24-8-21-14(23)22-12-4-2-1-3-10(12)15(18,19)20/h1-7H,8H2,(H2,21,22,23). The minimum Gasteiger partial charge on any atom is -0.472 e. The van der Waals surface area contributed by atoms with Crippen molar-refractivity contribution in [2.24, 2.45) is 0 Å². The van der Waals surface area contributed by atoms with Crippen LogP contribution in [0.2, 0.25) is 10.0 Å². The molecule has 0 saturated heterocycles. The molecule has 0 aliphatic carbocycles. The van der Waals surface area contributed by atoms with Gasteiger partial charge in [0.25, 0.3) is 0 Å². The van der Waals surface area contributed by atoms with Crippen molar-refractivity contribution < 1.29 is 22.7 Å². The SMILES string of the molecule is O=C(NCOc1ccc(Cl)cc1Cl)Nc1ccccc1C(F)(F)F. The predicted molar refractivity (Wildman–Crippen MR) is 85.6 cm³/mol. The van der Waals surface area contributed by atoms with Gasteiger partial charge in [-0.05, 0) is 30.3 Å². The van der Waals surface area contributed by atoms with Gasteiger partial charge in [-0.15, -0.1) is 0 Å². The average molecular weight is 379 g/mol. The Kier molecular flexibility index (Phi) is 5.80. The third-order valence-corrected chi connectivity index (χ3v) is 3.37. The highest BCUT2D eigenvalue weighted by Gasteiger charge is 2.33. The van der Waals surface area contributed by atoms with Crippen LogP contribution in [-0.2, 0) is 6.18 Å². The van der Waals surface area contributed by atoms with Crippen LogP contribution < -0.4 is 15.4 Å². The van der Waals surface area contributed by atoms with Crippen LogP contribution in [0.4, 0.5) is 23.7 Å². The van der Waals surface area contributed by atoms with Crippen LogP contribution in [0, 0.1) is 0 Å². The molecule has 0 fully saturated rings. The summed E-state index contributed by atoms with van der Waals surface area (Å²) in [6, 6.07) is 8.30. The summed E-state index contributed by atoms with van der Waals surface area (Å²) >= 11 is 11.6. The Morgan fingerprint density at radius 3 is 2.50 bits per heavy atom. The normalized spacial score (nSPS) is 11.0. The number of halogens is 5. The summed E-state index contributed by atoms with van der Waals surface area (Å²) in [4.78, 5) is 11.7. The molecule has 2 aromatic carbocycles. The van der Waals surface area contributed by atoms with E-state index in [0.29, 0.717) is 5.02 Å². The number of alkyl halides is 3. The molecule has 0 aliphatic heterocycles. The summed E-state index contributed by atoms with van der Waals surface area (Å²) < 4.78 is 43.7. The highest BCUT2D eigenvalue weighted by molar-refractivity contribution is 6.35. The molecular formula is C15H11Cl2F3N2O2. The zero-order valence-electron chi connectivity index (χ0n) is 12.0. The highest BCUT2D eigenvalue weighted by atomic mass is 35.5. The van der Waals surface area contributed by atoms with E-state index < -0.39 is 17.8 Å². The van der Waals surface area contributed by atoms with Gasteiger partial charge in [0.1, 0.15) is 5.75 Å². The van der Waals surface area contributed by atoms with E-state index >= 15 is 0 Å². The van der Waals surface area contributed by atoms with E-state index in [1.54, 1.807) is 6.07 Å². The lowest BCUT2D eigenvalue weighted by atomic mass is 10.1. The van der Waals surface area contributed by atoms with Crippen LogP contribution >= 0.6 is 23.2 Å². The summed E-state index contributed by atoms with van der Waals surface area (Å²) in [5, 5.41) is 5.05. The Hall–Kier alpha value is -2.12. The number of carbonyl (C=O) groups excluding carboxylic acids is 1. The molecular weight excluding hydrogens is 368 g/mol. The van der Waals surface area contributed by atoms with Crippen LogP contribution in [0.1, 0.15) is 5.56 Å². The average Bonchev–Trinajstić information content (AvgIpc) is 2.49. The van der Waals surface area contributed by atoms with Gasteiger partial charge in [-0.3, -0.25) is 0 Å². The summed E-state index contributed by atoms with van der Waals surface area (Å²) in [6.07, 6.45) is -4.57. The lowest BCUT2D eigenvalue weighted by Crippen LogP contribution is -2.32. The third kappa shape index (κ3) is 4.94. The Balaban J connectivity index is 1.93. The Bertz CT molecular complexity index is 739. The Morgan fingerprint density at radius 1 is 1.12 bits per heavy atom. The predicted octanol–water partition coefficient (Wildman–Crippen LogP) is 5.17. The second-order valence-electron chi connectivity index (χ2n) is 4.54. The number of benzene rings is 2. The smallest absolute Gasteiger partial charge is 0.418 e. The van der Waals surface area contributed by atoms with Gasteiger partial charge in [0.05, 0.1) is 16.3 Å². The number of anilines is 1. The van der Waals surface area contributed by atoms with Gasteiger partial charge in [0.2, 0.25) is 0 Å². The van der Waals surface area contributed by atoms with Gasteiger partial charge < -0.3 is 15.4 Å². The number of hydrogen-bond acceptors (Lipinski definition) is 2. The zero-order chi connectivity index (χ0) is 17.7. The van der Waals surface area contributed by atoms with Crippen molar-refractivity contribution in [2.75, 3.05) is 12.0 Å². The first-order chi connectivity index (χ1) is 11.3. The molecule has 0 heterocycles. The van der Waals surface area contributed by atoms with Gasteiger partial charge in [-0.25, -0.2) is 4.79 Å². The summed E-state index contributed by atoms with van der Waals surface area (Å²) in [5.41, 5.74) is -1.30. The molecule has 24 heavy (non-hydrogen) atoms. The molecule has 0 saturated carbocycles. The van der Waals surface area contributed by atoms with Crippen LogP contribution in [0.15, 0.2) is 42.5 Å². The molecule has 4 nitrogen and oxygen atoms in total. The fourth-order valence-corrected chi connectivity index (χ4v) is 2.24. The van der Waals surface area contributed by atoms with E-state index in [2.05, 4.69) is 10.6 Å². The van der Waals surface area contributed by atoms with Crippen LogP contribution in [-0.4, -0.2) is 12.8 Å². The number of rotatable bonds is 4. The fraction of sp³-hybridized carbons (Fsp3) is 0.133. The number of nitrogens with one attached hydrogen (secondary N) is 2. The number of para-hydroxylation sites is 1. The highest BCUT2D eigenvalue weighted by Crippen LogP contribution is 2.34. The van der Waals surface area contributed by atoms with Gasteiger partial charge in [0, 0.05) is 5.02 Å². The van der Waals surface area contributed by atoms with E-state index in [0.717, 1.165) is 12.1 Å². The molecule has 0 unspecified atom stereocenters. The van der Waals surface area contributed by atoms with Crippen LogP contribution in [0.3, 0.4) is 0 Å². The summed E-state index contributed by atoms with van der Waals surface area (Å²) in [7, 11) is 0. The molecule has 0 bridgehead atoms. The van der Waals surface area contributed by atoms with Crippen molar-refractivity contribution in [1.82, 2.24) is 5.32 Å². The topological polar surface area (TPSA) is 50.4 Å². The molecule has 128 valence electrons. The molecule has 0 aliphatic rings. The van der Waals surface area contributed by atoms with Gasteiger partial charge >= 0.3 is 12.2 Å². The van der Waals surface area contributed by atoms with Gasteiger partial charge in [0.15, 0.2) is 6.73 Å². The monoisotopic (exact) mass is 378 g/mol. The molecule has 2 amide bonds. The van der Waals surface area contributed by atoms with Crippen LogP contribution in [0.25, 0.3) is 0 Å². The molecule has 0 spiro atoms. The molecule has 0 radical (unpaired) electrons. The van der Waals surface area contributed by atoms with Gasteiger partial charge in [-0.1, -0.05) is 35.3 Å². The lowest BCUT2D eigenvalue weighted by molar-refractivity contribution is -0.136. The molecule has 2 rings (SSSR count). The molecule has 2 aromatic rings. The zero-order valence-corrected chi connectivity index (χ0v) is 13.5. The van der Waals surface area contributed by atoms with E-state index in [-0.39, 0.29) is 23.2 Å². The van der Waals surface area contributed by atoms with E-state index in [9.17, 15) is 18.0 Å². The number of ether oxygens (including phenoxy) is 1. The lowest BCUT2D eigenvalue weighted by Gasteiger charge is -2.14. The first-order valence-electron chi connectivity index (χ1n) is 6.56. The van der Waals surface area contributed by atoms with Crippen molar-refractivity contribution in [3.63, 3.8) is 0 Å². The van der Waals surface area contributed by atoms with E-state index in [1.165, 1.54) is 24.3 Å². The number of amides is 2. The van der Waals surface area contributed by atoms with Crippen molar-refractivity contribution >= 4 is 34.9 Å². The van der Waals surface area contributed by atoms with Crippen molar-refractivity contribution in [1.29, 1.82) is 0 Å². The maximum absolute atomic E-state index is 12.8. The van der Waals surface area contributed by atoms with E-state index in [4.69, 9.17) is 27.9 Å². The third-order valence-electron chi connectivity index (χ3n) is 2.83. The minimum atomic E-state index is -4.57. The molecule has 9 heteroatoms. The van der Waals surface area contributed by atoms with Gasteiger partial charge in [-0.2, -0.15) is 13.2 Å². The second-order valence-corrected chi connectivity index (χ2v) is 5.38. The second kappa shape index (κ2) is 7.63. The van der Waals surface area contributed by atoms with Crippen molar-refractivity contribution in [3.8, 4) is 5.75 Å². The number of hydrogen-bond donors (Lipinski definition) is 2. The first kappa shape index (κ1) is 18.2. The van der Waals surface area contributed by atoms with Crippen molar-refractivity contribution in [3.05, 3.63) is 58.1 Å². The van der Waals surface area contributed by atoms with Crippen molar-refractivity contribution in [2.45, 2.75) is 6.18 Å². The number of carbonyl (C=O) groups is 1. The quantitative estimate of drug-likeness (QED) is 0.721. The molecule has 0 aromatic heterocycles. The first-order valence-corrected chi connectivity index (χ1v) is 7.32.